The van der Waals surface area contributed by atoms with Gasteiger partial charge in [0, 0.05) is 25.8 Å². The lowest BCUT2D eigenvalue weighted by Crippen LogP contribution is -2.41. The van der Waals surface area contributed by atoms with Gasteiger partial charge < -0.3 is 19.2 Å². The first kappa shape index (κ1) is 19.6. The van der Waals surface area contributed by atoms with Gasteiger partial charge in [-0.05, 0) is 30.0 Å². The lowest BCUT2D eigenvalue weighted by Gasteiger charge is -2.30. The molecule has 0 atom stereocenters. The van der Waals surface area contributed by atoms with E-state index in [4.69, 9.17) is 4.42 Å². The Morgan fingerprint density at radius 1 is 1.23 bits per heavy atom. The number of amides is 2. The molecule has 0 bridgehead atoms. The SMILES string of the molecule is CCNC(=O)c1c2c(cn(Cc3ccccc3)c1=O)CN(C(=O)c1cnco1)CC2. The Bertz CT molecular complexity index is 1120. The molecule has 0 unspecified atom stereocenters. The van der Waals surface area contributed by atoms with E-state index < -0.39 is 0 Å². The number of nitrogens with zero attached hydrogens (tertiary/aromatic N) is 3. The minimum atomic E-state index is -0.379. The number of nitrogens with one attached hydrogen (secondary N) is 1. The number of pyridine rings is 1. The molecule has 0 spiro atoms. The first-order valence-corrected chi connectivity index (χ1v) is 9.83. The van der Waals surface area contributed by atoms with E-state index in [0.29, 0.717) is 31.6 Å². The zero-order valence-corrected chi connectivity index (χ0v) is 16.6. The fourth-order valence-electron chi connectivity index (χ4n) is 3.74. The van der Waals surface area contributed by atoms with E-state index in [2.05, 4.69) is 10.3 Å². The summed E-state index contributed by atoms with van der Waals surface area (Å²) in [4.78, 5) is 44.0. The van der Waals surface area contributed by atoms with Crippen molar-refractivity contribution in [1.29, 1.82) is 0 Å². The molecule has 0 saturated heterocycles. The second kappa shape index (κ2) is 8.36. The number of carbonyl (C=O) groups excluding carboxylic acids is 2. The smallest absolute Gasteiger partial charge is 0.291 e. The molecule has 3 heterocycles. The van der Waals surface area contributed by atoms with Crippen molar-refractivity contribution >= 4 is 11.8 Å². The fraction of sp³-hybridized carbons (Fsp3) is 0.273. The molecular weight excluding hydrogens is 384 g/mol. The molecule has 8 nitrogen and oxygen atoms in total. The summed E-state index contributed by atoms with van der Waals surface area (Å²) in [5, 5.41) is 2.74. The normalized spacial score (nSPS) is 13.0. The second-order valence-corrected chi connectivity index (χ2v) is 7.13. The molecule has 1 aromatic carbocycles. The molecule has 0 fully saturated rings. The van der Waals surface area contributed by atoms with Crippen molar-refractivity contribution in [2.24, 2.45) is 0 Å². The van der Waals surface area contributed by atoms with Crippen LogP contribution < -0.4 is 10.9 Å². The molecule has 30 heavy (non-hydrogen) atoms. The predicted molar refractivity (Wildman–Crippen MR) is 109 cm³/mol. The van der Waals surface area contributed by atoms with Gasteiger partial charge in [0.1, 0.15) is 5.56 Å². The van der Waals surface area contributed by atoms with E-state index in [1.54, 1.807) is 15.7 Å². The summed E-state index contributed by atoms with van der Waals surface area (Å²) < 4.78 is 6.67. The zero-order chi connectivity index (χ0) is 21.1. The third-order valence-electron chi connectivity index (χ3n) is 5.16. The minimum absolute atomic E-state index is 0.164. The van der Waals surface area contributed by atoms with Crippen molar-refractivity contribution in [1.82, 2.24) is 19.8 Å². The summed E-state index contributed by atoms with van der Waals surface area (Å²) in [7, 11) is 0. The highest BCUT2D eigenvalue weighted by Crippen LogP contribution is 2.22. The van der Waals surface area contributed by atoms with Crippen LogP contribution in [0.5, 0.6) is 0 Å². The Hall–Kier alpha value is -3.68. The number of hydrogen-bond acceptors (Lipinski definition) is 5. The molecule has 0 aliphatic carbocycles. The van der Waals surface area contributed by atoms with E-state index in [-0.39, 0.29) is 35.2 Å². The van der Waals surface area contributed by atoms with E-state index in [1.807, 2.05) is 37.3 Å². The van der Waals surface area contributed by atoms with Gasteiger partial charge >= 0.3 is 0 Å². The zero-order valence-electron chi connectivity index (χ0n) is 16.6. The summed E-state index contributed by atoms with van der Waals surface area (Å²) in [5.41, 5.74) is 2.28. The Balaban J connectivity index is 1.74. The van der Waals surface area contributed by atoms with Crippen LogP contribution in [0.1, 0.15) is 44.5 Å². The average molecular weight is 406 g/mol. The third-order valence-corrected chi connectivity index (χ3v) is 5.16. The molecule has 0 radical (unpaired) electrons. The molecule has 1 N–H and O–H groups in total. The first-order chi connectivity index (χ1) is 14.6. The predicted octanol–water partition coefficient (Wildman–Crippen LogP) is 1.83. The lowest BCUT2D eigenvalue weighted by atomic mass is 9.95. The molecule has 154 valence electrons. The number of carbonyl (C=O) groups is 2. The van der Waals surface area contributed by atoms with Crippen molar-refractivity contribution in [2.45, 2.75) is 26.4 Å². The van der Waals surface area contributed by atoms with Crippen LogP contribution in [0.3, 0.4) is 0 Å². The lowest BCUT2D eigenvalue weighted by molar-refractivity contribution is 0.0701. The Kier molecular flexibility index (Phi) is 5.47. The average Bonchev–Trinajstić information content (AvgIpc) is 3.29. The summed E-state index contributed by atoms with van der Waals surface area (Å²) in [6.45, 7) is 3.26. The molecule has 3 aromatic rings. The van der Waals surface area contributed by atoms with Crippen molar-refractivity contribution in [3.63, 3.8) is 0 Å². The highest BCUT2D eigenvalue weighted by Gasteiger charge is 2.29. The first-order valence-electron chi connectivity index (χ1n) is 9.83. The third kappa shape index (κ3) is 3.76. The highest BCUT2D eigenvalue weighted by molar-refractivity contribution is 5.96. The molecule has 8 heteroatoms. The maximum absolute atomic E-state index is 13.2. The number of aromatic nitrogens is 2. The van der Waals surface area contributed by atoms with Crippen molar-refractivity contribution in [3.05, 3.63) is 87.5 Å². The van der Waals surface area contributed by atoms with Crippen LogP contribution in [0.25, 0.3) is 0 Å². The van der Waals surface area contributed by atoms with E-state index in [9.17, 15) is 14.4 Å². The van der Waals surface area contributed by atoms with Crippen LogP contribution in [-0.4, -0.2) is 39.4 Å². The Morgan fingerprint density at radius 3 is 2.73 bits per heavy atom. The van der Waals surface area contributed by atoms with Crippen LogP contribution in [0.15, 0.2) is 58.3 Å². The summed E-state index contributed by atoms with van der Waals surface area (Å²) in [6.07, 6.45) is 4.78. The minimum Gasteiger partial charge on any atom is -0.438 e. The van der Waals surface area contributed by atoms with E-state index in [0.717, 1.165) is 11.1 Å². The van der Waals surface area contributed by atoms with Crippen molar-refractivity contribution in [3.8, 4) is 0 Å². The summed E-state index contributed by atoms with van der Waals surface area (Å²) >= 11 is 0. The van der Waals surface area contributed by atoms with E-state index in [1.165, 1.54) is 12.6 Å². The molecule has 4 rings (SSSR count). The monoisotopic (exact) mass is 406 g/mol. The quantitative estimate of drug-likeness (QED) is 0.697. The molecule has 2 aromatic heterocycles. The number of oxazole rings is 1. The van der Waals surface area contributed by atoms with Crippen LogP contribution in [0, 0.1) is 0 Å². The van der Waals surface area contributed by atoms with Gasteiger partial charge in [-0.15, -0.1) is 0 Å². The fourth-order valence-corrected chi connectivity index (χ4v) is 3.74. The number of benzene rings is 1. The molecule has 2 amide bonds. The standard InChI is InChI=1S/C22H22N4O4/c1-2-24-20(27)19-17-8-9-25(21(28)18-10-23-14-30-18)12-16(17)13-26(22(19)29)11-15-6-4-3-5-7-15/h3-7,10,13-14H,2,8-9,11-12H2,1H3,(H,24,27). The molecule has 1 aliphatic heterocycles. The van der Waals surface area contributed by atoms with Gasteiger partial charge in [0.25, 0.3) is 17.4 Å². The second-order valence-electron chi connectivity index (χ2n) is 7.13. The largest absolute Gasteiger partial charge is 0.438 e. The maximum atomic E-state index is 13.2. The van der Waals surface area contributed by atoms with Crippen LogP contribution >= 0.6 is 0 Å². The van der Waals surface area contributed by atoms with Gasteiger partial charge in [-0.3, -0.25) is 14.4 Å². The number of fused-ring (bicyclic) bond motifs is 1. The van der Waals surface area contributed by atoms with E-state index >= 15 is 0 Å². The van der Waals surface area contributed by atoms with Gasteiger partial charge in [0.15, 0.2) is 6.39 Å². The van der Waals surface area contributed by atoms with Crippen molar-refractivity contribution < 1.29 is 14.0 Å². The molecule has 1 aliphatic rings. The topological polar surface area (TPSA) is 97.4 Å². The van der Waals surface area contributed by atoms with Crippen molar-refractivity contribution in [2.75, 3.05) is 13.1 Å². The van der Waals surface area contributed by atoms with Gasteiger partial charge in [-0.25, -0.2) is 4.98 Å². The highest BCUT2D eigenvalue weighted by atomic mass is 16.3. The number of hydrogen-bond donors (Lipinski definition) is 1. The Labute approximate surface area is 173 Å². The van der Waals surface area contributed by atoms with Gasteiger partial charge in [-0.2, -0.15) is 0 Å². The molecular formula is C22H22N4O4. The molecule has 0 saturated carbocycles. The van der Waals surface area contributed by atoms with Gasteiger partial charge in [-0.1, -0.05) is 30.3 Å². The van der Waals surface area contributed by atoms with Gasteiger partial charge in [0.2, 0.25) is 5.76 Å². The van der Waals surface area contributed by atoms with Crippen LogP contribution in [0.4, 0.5) is 0 Å². The van der Waals surface area contributed by atoms with Crippen LogP contribution in [0.2, 0.25) is 0 Å². The number of rotatable bonds is 5. The summed E-state index contributed by atoms with van der Waals surface area (Å²) in [5.74, 6) is -0.477. The van der Waals surface area contributed by atoms with Gasteiger partial charge in [0.05, 0.1) is 12.7 Å². The Morgan fingerprint density at radius 2 is 2.03 bits per heavy atom. The summed E-state index contributed by atoms with van der Waals surface area (Å²) in [6, 6.07) is 9.57. The maximum Gasteiger partial charge on any atom is 0.291 e. The van der Waals surface area contributed by atoms with Crippen LogP contribution in [-0.2, 0) is 19.5 Å².